The van der Waals surface area contributed by atoms with Crippen molar-refractivity contribution in [1.29, 1.82) is 0 Å². The van der Waals surface area contributed by atoms with Crippen LogP contribution in [0.3, 0.4) is 0 Å². The summed E-state index contributed by atoms with van der Waals surface area (Å²) in [5, 5.41) is 0. The standard InChI is InChI=1S/C13H26N2/c1-13(14)9-6-10-15(11-13)12-7-4-2-3-5-8-12/h12H,2-11,14H2,1H3. The van der Waals surface area contributed by atoms with Gasteiger partial charge in [0.15, 0.2) is 0 Å². The Bertz CT molecular complexity index is 193. The van der Waals surface area contributed by atoms with Crippen LogP contribution in [0, 0.1) is 0 Å². The number of nitrogens with two attached hydrogens (primary N) is 1. The van der Waals surface area contributed by atoms with Gasteiger partial charge in [0.1, 0.15) is 0 Å². The van der Waals surface area contributed by atoms with E-state index in [0.29, 0.717) is 0 Å². The predicted octanol–water partition coefficient (Wildman–Crippen LogP) is 2.52. The summed E-state index contributed by atoms with van der Waals surface area (Å²) in [5.74, 6) is 0. The Kier molecular flexibility index (Phi) is 3.68. The summed E-state index contributed by atoms with van der Waals surface area (Å²) in [5.41, 5.74) is 6.35. The largest absolute Gasteiger partial charge is 0.324 e. The number of nitrogens with zero attached hydrogens (tertiary/aromatic N) is 1. The number of hydrogen-bond donors (Lipinski definition) is 1. The summed E-state index contributed by atoms with van der Waals surface area (Å²) >= 11 is 0. The first kappa shape index (κ1) is 11.4. The maximum atomic E-state index is 6.27. The molecule has 2 nitrogen and oxygen atoms in total. The molecular formula is C13H26N2. The fraction of sp³-hybridized carbons (Fsp3) is 1.00. The molecule has 2 heteroatoms. The molecule has 0 spiro atoms. The summed E-state index contributed by atoms with van der Waals surface area (Å²) in [6.07, 6.45) is 11.1. The third-order valence-electron chi connectivity index (χ3n) is 4.10. The summed E-state index contributed by atoms with van der Waals surface area (Å²) in [4.78, 5) is 2.68. The van der Waals surface area contributed by atoms with E-state index in [1.165, 1.54) is 57.9 Å². The van der Waals surface area contributed by atoms with Crippen molar-refractivity contribution in [2.75, 3.05) is 13.1 Å². The molecule has 2 rings (SSSR count). The van der Waals surface area contributed by atoms with Crippen LogP contribution in [0.4, 0.5) is 0 Å². The van der Waals surface area contributed by atoms with Crippen LogP contribution in [-0.2, 0) is 0 Å². The van der Waals surface area contributed by atoms with Crippen LogP contribution < -0.4 is 5.73 Å². The SMILES string of the molecule is CC1(N)CCCN(C2CCCCCC2)C1. The third kappa shape index (κ3) is 3.18. The van der Waals surface area contributed by atoms with E-state index in [0.717, 1.165) is 12.6 Å². The zero-order valence-electron chi connectivity index (χ0n) is 10.2. The summed E-state index contributed by atoms with van der Waals surface area (Å²) in [6, 6.07) is 0.843. The summed E-state index contributed by atoms with van der Waals surface area (Å²) in [7, 11) is 0. The van der Waals surface area contributed by atoms with Crippen molar-refractivity contribution in [3.8, 4) is 0 Å². The number of piperidine rings is 1. The van der Waals surface area contributed by atoms with Gasteiger partial charge in [-0.15, -0.1) is 0 Å². The van der Waals surface area contributed by atoms with E-state index >= 15 is 0 Å². The van der Waals surface area contributed by atoms with E-state index in [4.69, 9.17) is 5.73 Å². The van der Waals surface area contributed by atoms with E-state index in [-0.39, 0.29) is 5.54 Å². The van der Waals surface area contributed by atoms with Crippen molar-refractivity contribution in [2.45, 2.75) is 69.9 Å². The molecule has 0 aromatic heterocycles. The van der Waals surface area contributed by atoms with Crippen molar-refractivity contribution in [3.05, 3.63) is 0 Å². The van der Waals surface area contributed by atoms with E-state index in [1.54, 1.807) is 0 Å². The van der Waals surface area contributed by atoms with Gasteiger partial charge in [-0.2, -0.15) is 0 Å². The highest BCUT2D eigenvalue weighted by molar-refractivity contribution is 4.90. The molecule has 0 amide bonds. The highest BCUT2D eigenvalue weighted by atomic mass is 15.2. The molecule has 2 N–H and O–H groups in total. The molecule has 1 aliphatic carbocycles. The first-order chi connectivity index (χ1) is 7.17. The van der Waals surface area contributed by atoms with Crippen LogP contribution in [0.5, 0.6) is 0 Å². The number of likely N-dealkylation sites (tertiary alicyclic amines) is 1. The van der Waals surface area contributed by atoms with Crippen LogP contribution in [0.2, 0.25) is 0 Å². The molecule has 15 heavy (non-hydrogen) atoms. The molecular weight excluding hydrogens is 184 g/mol. The second-order valence-corrected chi connectivity index (χ2v) is 5.87. The van der Waals surface area contributed by atoms with Gasteiger partial charge in [-0.3, -0.25) is 4.90 Å². The number of hydrogen-bond acceptors (Lipinski definition) is 2. The second-order valence-electron chi connectivity index (χ2n) is 5.87. The normalized spacial score (nSPS) is 36.4. The minimum absolute atomic E-state index is 0.0740. The van der Waals surface area contributed by atoms with E-state index in [9.17, 15) is 0 Å². The van der Waals surface area contributed by atoms with Crippen molar-refractivity contribution in [1.82, 2.24) is 4.90 Å². The lowest BCUT2D eigenvalue weighted by Crippen LogP contribution is -2.54. The zero-order chi connectivity index (χ0) is 10.7. The quantitative estimate of drug-likeness (QED) is 0.674. The predicted molar refractivity (Wildman–Crippen MR) is 64.9 cm³/mol. The molecule has 1 atom stereocenters. The average molecular weight is 210 g/mol. The maximum Gasteiger partial charge on any atom is 0.0255 e. The van der Waals surface area contributed by atoms with Gasteiger partial charge >= 0.3 is 0 Å². The van der Waals surface area contributed by atoms with Gasteiger partial charge in [0.2, 0.25) is 0 Å². The van der Waals surface area contributed by atoms with Crippen molar-refractivity contribution >= 4 is 0 Å². The van der Waals surface area contributed by atoms with Crippen LogP contribution in [0.1, 0.15) is 58.3 Å². The molecule has 0 bridgehead atoms. The Morgan fingerprint density at radius 2 is 1.73 bits per heavy atom. The Morgan fingerprint density at radius 3 is 2.33 bits per heavy atom. The van der Waals surface area contributed by atoms with Gasteiger partial charge in [0, 0.05) is 18.1 Å². The van der Waals surface area contributed by atoms with Gasteiger partial charge < -0.3 is 5.73 Å². The molecule has 0 aromatic rings. The Labute approximate surface area is 94.2 Å². The minimum Gasteiger partial charge on any atom is -0.324 e. The summed E-state index contributed by atoms with van der Waals surface area (Å²) < 4.78 is 0. The van der Waals surface area contributed by atoms with Gasteiger partial charge in [-0.25, -0.2) is 0 Å². The van der Waals surface area contributed by atoms with Crippen molar-refractivity contribution in [3.63, 3.8) is 0 Å². The van der Waals surface area contributed by atoms with E-state index in [1.807, 2.05) is 0 Å². The van der Waals surface area contributed by atoms with Crippen molar-refractivity contribution < 1.29 is 0 Å². The first-order valence-corrected chi connectivity index (χ1v) is 6.70. The first-order valence-electron chi connectivity index (χ1n) is 6.70. The lowest BCUT2D eigenvalue weighted by Gasteiger charge is -2.42. The monoisotopic (exact) mass is 210 g/mol. The Morgan fingerprint density at radius 1 is 1.07 bits per heavy atom. The fourth-order valence-corrected chi connectivity index (χ4v) is 3.24. The second kappa shape index (κ2) is 4.84. The highest BCUT2D eigenvalue weighted by Crippen LogP contribution is 2.27. The van der Waals surface area contributed by atoms with Crippen LogP contribution in [-0.4, -0.2) is 29.6 Å². The fourth-order valence-electron chi connectivity index (χ4n) is 3.24. The van der Waals surface area contributed by atoms with Gasteiger partial charge in [-0.1, -0.05) is 25.7 Å². The van der Waals surface area contributed by atoms with Crippen LogP contribution >= 0.6 is 0 Å². The molecule has 88 valence electrons. The van der Waals surface area contributed by atoms with Gasteiger partial charge in [0.25, 0.3) is 0 Å². The highest BCUT2D eigenvalue weighted by Gasteiger charge is 2.30. The maximum absolute atomic E-state index is 6.27. The molecule has 0 radical (unpaired) electrons. The molecule has 1 saturated heterocycles. The van der Waals surface area contributed by atoms with Gasteiger partial charge in [-0.05, 0) is 39.2 Å². The van der Waals surface area contributed by atoms with Crippen LogP contribution in [0.15, 0.2) is 0 Å². The average Bonchev–Trinajstić information content (AvgIpc) is 2.44. The van der Waals surface area contributed by atoms with E-state index < -0.39 is 0 Å². The molecule has 2 aliphatic rings. The summed E-state index contributed by atoms with van der Waals surface area (Å²) in [6.45, 7) is 4.63. The van der Waals surface area contributed by atoms with Gasteiger partial charge in [0.05, 0.1) is 0 Å². The smallest absolute Gasteiger partial charge is 0.0255 e. The Hall–Kier alpha value is -0.0800. The molecule has 0 aromatic carbocycles. The third-order valence-corrected chi connectivity index (χ3v) is 4.10. The van der Waals surface area contributed by atoms with Crippen molar-refractivity contribution in [2.24, 2.45) is 5.73 Å². The molecule has 1 saturated carbocycles. The lowest BCUT2D eigenvalue weighted by molar-refractivity contribution is 0.103. The molecule has 1 unspecified atom stereocenters. The van der Waals surface area contributed by atoms with E-state index in [2.05, 4.69) is 11.8 Å². The molecule has 1 heterocycles. The Balaban J connectivity index is 1.90. The lowest BCUT2D eigenvalue weighted by atomic mass is 9.90. The number of rotatable bonds is 1. The van der Waals surface area contributed by atoms with Crippen LogP contribution in [0.25, 0.3) is 0 Å². The minimum atomic E-state index is 0.0740. The molecule has 2 fully saturated rings. The zero-order valence-corrected chi connectivity index (χ0v) is 10.2. The topological polar surface area (TPSA) is 29.3 Å². The molecule has 1 aliphatic heterocycles.